The maximum absolute atomic E-state index is 2.40. The van der Waals surface area contributed by atoms with Gasteiger partial charge in [0.05, 0.1) is 0 Å². The fourth-order valence-electron chi connectivity index (χ4n) is 3.06. The van der Waals surface area contributed by atoms with Gasteiger partial charge in [0.2, 0.25) is 0 Å². The zero-order valence-corrected chi connectivity index (χ0v) is 12.3. The molecule has 1 rings (SSSR count). The first-order chi connectivity index (χ1) is 8.23. The molecule has 0 atom stereocenters. The van der Waals surface area contributed by atoms with Gasteiger partial charge in [-0.2, -0.15) is 0 Å². The van der Waals surface area contributed by atoms with Gasteiger partial charge in [0.25, 0.3) is 0 Å². The second-order valence-corrected chi connectivity index (χ2v) is 4.85. The fraction of sp³-hybridized carbons (Fsp3) is 0.647. The van der Waals surface area contributed by atoms with Gasteiger partial charge in [-0.3, -0.25) is 0 Å². The van der Waals surface area contributed by atoms with Crippen LogP contribution in [0, 0.1) is 0 Å². The highest BCUT2D eigenvalue weighted by molar-refractivity contribution is 5.43. The molecule has 0 saturated carbocycles. The Morgan fingerprint density at radius 2 is 1.35 bits per heavy atom. The van der Waals surface area contributed by atoms with Crippen LogP contribution < -0.4 is 0 Å². The number of benzene rings is 1. The van der Waals surface area contributed by atoms with E-state index in [1.54, 1.807) is 22.3 Å². The van der Waals surface area contributed by atoms with Gasteiger partial charge >= 0.3 is 0 Å². The van der Waals surface area contributed by atoms with E-state index in [1.807, 2.05) is 0 Å². The van der Waals surface area contributed by atoms with E-state index in [2.05, 4.69) is 46.8 Å². The average Bonchev–Trinajstić information content (AvgIpc) is 2.39. The lowest BCUT2D eigenvalue weighted by atomic mass is 9.84. The maximum atomic E-state index is 2.40. The zero-order valence-electron chi connectivity index (χ0n) is 12.3. The van der Waals surface area contributed by atoms with Crippen LogP contribution in [-0.2, 0) is 19.3 Å². The number of aryl methyl sites for hydroxylation is 1. The van der Waals surface area contributed by atoms with Crippen LogP contribution in [0.15, 0.2) is 12.1 Å². The molecule has 0 amide bonds. The molecule has 1 aromatic rings. The molecule has 0 aliphatic heterocycles. The van der Waals surface area contributed by atoms with Gasteiger partial charge in [0, 0.05) is 0 Å². The average molecular weight is 232 g/mol. The largest absolute Gasteiger partial charge is 0.0648 e. The Morgan fingerprint density at radius 1 is 0.765 bits per heavy atom. The molecule has 0 bridgehead atoms. The van der Waals surface area contributed by atoms with Crippen LogP contribution in [0.2, 0.25) is 0 Å². The van der Waals surface area contributed by atoms with Crippen LogP contribution in [0.3, 0.4) is 0 Å². The van der Waals surface area contributed by atoms with Crippen molar-refractivity contribution in [1.82, 2.24) is 0 Å². The summed E-state index contributed by atoms with van der Waals surface area (Å²) in [7, 11) is 0. The SMILES string of the molecule is CCc1ccc(C(CC)CC)c(CC)c1CC. The van der Waals surface area contributed by atoms with Gasteiger partial charge in [-0.15, -0.1) is 0 Å². The van der Waals surface area contributed by atoms with Crippen molar-refractivity contribution >= 4 is 0 Å². The molecule has 0 heteroatoms. The minimum Gasteiger partial charge on any atom is -0.0648 e. The molecule has 0 aromatic heterocycles. The summed E-state index contributed by atoms with van der Waals surface area (Å²) in [5.41, 5.74) is 6.44. The minimum absolute atomic E-state index is 0.751. The Kier molecular flexibility index (Phi) is 5.74. The molecule has 0 unspecified atom stereocenters. The van der Waals surface area contributed by atoms with Crippen LogP contribution in [0.4, 0.5) is 0 Å². The maximum Gasteiger partial charge on any atom is -0.0164 e. The highest BCUT2D eigenvalue weighted by Gasteiger charge is 2.15. The molecule has 0 aliphatic rings. The zero-order chi connectivity index (χ0) is 12.8. The Morgan fingerprint density at radius 3 is 1.76 bits per heavy atom. The monoisotopic (exact) mass is 232 g/mol. The van der Waals surface area contributed by atoms with Gasteiger partial charge in [0.15, 0.2) is 0 Å². The second-order valence-electron chi connectivity index (χ2n) is 4.85. The van der Waals surface area contributed by atoms with E-state index in [1.165, 1.54) is 32.1 Å². The highest BCUT2D eigenvalue weighted by Crippen LogP contribution is 2.31. The molecule has 0 nitrogen and oxygen atoms in total. The summed E-state index contributed by atoms with van der Waals surface area (Å²) >= 11 is 0. The molecule has 0 fully saturated rings. The van der Waals surface area contributed by atoms with Crippen LogP contribution >= 0.6 is 0 Å². The first kappa shape index (κ1) is 14.3. The van der Waals surface area contributed by atoms with E-state index in [4.69, 9.17) is 0 Å². The van der Waals surface area contributed by atoms with Crippen molar-refractivity contribution in [3.63, 3.8) is 0 Å². The highest BCUT2D eigenvalue weighted by atomic mass is 14.2. The Labute approximate surface area is 107 Å². The molecule has 0 aliphatic carbocycles. The number of hydrogen-bond donors (Lipinski definition) is 0. The molecule has 0 heterocycles. The third kappa shape index (κ3) is 2.91. The third-order valence-electron chi connectivity index (χ3n) is 4.08. The Bertz CT molecular complexity index is 345. The van der Waals surface area contributed by atoms with Crippen molar-refractivity contribution in [2.45, 2.75) is 72.6 Å². The van der Waals surface area contributed by atoms with Gasteiger partial charge in [-0.25, -0.2) is 0 Å². The van der Waals surface area contributed by atoms with Crippen LogP contribution in [0.25, 0.3) is 0 Å². The normalized spacial score (nSPS) is 11.2. The van der Waals surface area contributed by atoms with Crippen molar-refractivity contribution in [2.24, 2.45) is 0 Å². The minimum atomic E-state index is 0.751. The summed E-state index contributed by atoms with van der Waals surface area (Å²) in [6.07, 6.45) is 6.05. The molecule has 0 radical (unpaired) electrons. The smallest absolute Gasteiger partial charge is 0.0164 e. The molecular weight excluding hydrogens is 204 g/mol. The van der Waals surface area contributed by atoms with E-state index >= 15 is 0 Å². The standard InChI is InChI=1S/C17H28/c1-6-13(7-2)17-12-11-14(8-3)15(9-4)16(17)10-5/h11-13H,6-10H2,1-5H3. The van der Waals surface area contributed by atoms with E-state index in [0.717, 1.165) is 5.92 Å². The molecule has 96 valence electrons. The lowest BCUT2D eigenvalue weighted by molar-refractivity contribution is 0.633. The predicted molar refractivity (Wildman–Crippen MR) is 77.9 cm³/mol. The predicted octanol–water partition coefficient (Wildman–Crippen LogP) is 5.28. The molecule has 0 N–H and O–H groups in total. The van der Waals surface area contributed by atoms with Crippen molar-refractivity contribution in [3.05, 3.63) is 34.4 Å². The second kappa shape index (κ2) is 6.83. The van der Waals surface area contributed by atoms with Crippen LogP contribution in [0.5, 0.6) is 0 Å². The van der Waals surface area contributed by atoms with Gasteiger partial charge < -0.3 is 0 Å². The van der Waals surface area contributed by atoms with Gasteiger partial charge in [0.1, 0.15) is 0 Å². The van der Waals surface area contributed by atoms with Crippen molar-refractivity contribution in [3.8, 4) is 0 Å². The molecule has 0 spiro atoms. The first-order valence-corrected chi connectivity index (χ1v) is 7.36. The van der Waals surface area contributed by atoms with E-state index in [9.17, 15) is 0 Å². The van der Waals surface area contributed by atoms with Gasteiger partial charge in [-0.1, -0.05) is 46.8 Å². The van der Waals surface area contributed by atoms with Crippen molar-refractivity contribution in [2.75, 3.05) is 0 Å². The van der Waals surface area contributed by atoms with E-state index in [-0.39, 0.29) is 0 Å². The lowest BCUT2D eigenvalue weighted by Gasteiger charge is -2.22. The molecule has 1 aromatic carbocycles. The topological polar surface area (TPSA) is 0 Å². The summed E-state index contributed by atoms with van der Waals surface area (Å²) in [5, 5.41) is 0. The van der Waals surface area contributed by atoms with Crippen molar-refractivity contribution in [1.29, 1.82) is 0 Å². The van der Waals surface area contributed by atoms with E-state index in [0.29, 0.717) is 0 Å². The molecule has 0 saturated heterocycles. The van der Waals surface area contributed by atoms with Crippen LogP contribution in [-0.4, -0.2) is 0 Å². The lowest BCUT2D eigenvalue weighted by Crippen LogP contribution is -2.06. The third-order valence-corrected chi connectivity index (χ3v) is 4.08. The summed E-state index contributed by atoms with van der Waals surface area (Å²) in [5.74, 6) is 0.751. The Balaban J connectivity index is 3.31. The molecular formula is C17H28. The van der Waals surface area contributed by atoms with E-state index < -0.39 is 0 Å². The first-order valence-electron chi connectivity index (χ1n) is 7.36. The number of hydrogen-bond acceptors (Lipinski definition) is 0. The Hall–Kier alpha value is -0.780. The molecule has 17 heavy (non-hydrogen) atoms. The van der Waals surface area contributed by atoms with Gasteiger partial charge in [-0.05, 0) is 60.3 Å². The number of rotatable bonds is 6. The van der Waals surface area contributed by atoms with Crippen LogP contribution in [0.1, 0.15) is 75.6 Å². The summed E-state index contributed by atoms with van der Waals surface area (Å²) in [4.78, 5) is 0. The quantitative estimate of drug-likeness (QED) is 0.626. The van der Waals surface area contributed by atoms with Crippen molar-refractivity contribution < 1.29 is 0 Å². The summed E-state index contributed by atoms with van der Waals surface area (Å²) < 4.78 is 0. The fourth-order valence-corrected chi connectivity index (χ4v) is 3.06. The summed E-state index contributed by atoms with van der Waals surface area (Å²) in [6.45, 7) is 11.5. The summed E-state index contributed by atoms with van der Waals surface area (Å²) in [6, 6.07) is 4.76.